The van der Waals surface area contributed by atoms with E-state index in [0.29, 0.717) is 63.6 Å². The zero-order chi connectivity index (χ0) is 37.4. The van der Waals surface area contributed by atoms with Gasteiger partial charge in [-0.1, -0.05) is 69.5 Å². The lowest BCUT2D eigenvalue weighted by Gasteiger charge is -2.36. The molecular weight excluding hydrogens is 781 g/mol. The van der Waals surface area contributed by atoms with Crippen molar-refractivity contribution in [2.24, 2.45) is 0 Å². The van der Waals surface area contributed by atoms with E-state index in [2.05, 4.69) is 88.7 Å². The second-order valence-electron chi connectivity index (χ2n) is 13.5. The SMILES string of the molecule is CC(C)=CCC/C(C)=C/COC1CCOP(=O)(N(CCCl)CCCl)C1.CCCN(CCBr)P1(=O)CC(OC/C=C(\C)CCC=C(C)C)CCO1. The van der Waals surface area contributed by atoms with Crippen LogP contribution < -0.4 is 0 Å². The summed E-state index contributed by atoms with van der Waals surface area (Å²) >= 11 is 15.1. The second kappa shape index (κ2) is 27.8. The maximum Gasteiger partial charge on any atom is 0.275 e. The van der Waals surface area contributed by atoms with Crippen molar-refractivity contribution in [3.63, 3.8) is 0 Å². The van der Waals surface area contributed by atoms with Gasteiger partial charge in [-0.2, -0.15) is 0 Å². The van der Waals surface area contributed by atoms with Crippen LogP contribution in [0, 0.1) is 0 Å². The van der Waals surface area contributed by atoms with E-state index in [4.69, 9.17) is 41.7 Å². The smallest absolute Gasteiger partial charge is 0.275 e. The summed E-state index contributed by atoms with van der Waals surface area (Å²) in [4.78, 5) is 0. The number of allylic oxidation sites excluding steroid dienone is 6. The molecule has 2 heterocycles. The van der Waals surface area contributed by atoms with Crippen LogP contribution in [0.5, 0.6) is 0 Å². The van der Waals surface area contributed by atoms with Gasteiger partial charge in [-0.25, -0.2) is 9.34 Å². The van der Waals surface area contributed by atoms with E-state index in [0.717, 1.165) is 63.4 Å². The summed E-state index contributed by atoms with van der Waals surface area (Å²) in [7, 11) is -5.65. The summed E-state index contributed by atoms with van der Waals surface area (Å²) < 4.78 is 53.4. The van der Waals surface area contributed by atoms with Gasteiger partial charge in [0.1, 0.15) is 0 Å². The summed E-state index contributed by atoms with van der Waals surface area (Å²) in [5, 5.41) is 0.805. The Hall–Kier alpha value is 0.240. The molecule has 0 aliphatic carbocycles. The molecule has 2 rings (SSSR count). The number of rotatable bonds is 22. The number of hydrogen-bond acceptors (Lipinski definition) is 6. The highest BCUT2D eigenvalue weighted by Crippen LogP contribution is 2.55. The van der Waals surface area contributed by atoms with E-state index in [1.807, 2.05) is 4.67 Å². The Bertz CT molecular complexity index is 1060. The summed E-state index contributed by atoms with van der Waals surface area (Å²) in [6.07, 6.45) is 16.5. The fourth-order valence-electron chi connectivity index (χ4n) is 5.54. The standard InChI is InChI=1S/C19H35BrNO3P.C18H32Cl2NO3P/c1-5-12-21(13-11-20)25(22)16-19(10-15-24-25)23-14-9-18(4)8-6-7-17(2)3;1-16(2)5-4-6-17(3)7-13-23-18-8-14-24-25(22,15-18)21(11-9-19)12-10-20/h7,9,19H,5-6,8,10-16H2,1-4H3;5,7,18H,4,6,8-15H2,1-3H3/b18-9+;17-7+. The number of halogens is 3. The van der Waals surface area contributed by atoms with E-state index >= 15 is 0 Å². The maximum atomic E-state index is 13.2. The van der Waals surface area contributed by atoms with Crippen LogP contribution in [0.3, 0.4) is 0 Å². The lowest BCUT2D eigenvalue weighted by molar-refractivity contribution is 0.0524. The van der Waals surface area contributed by atoms with Crippen LogP contribution in [-0.4, -0.2) is 104 Å². The highest BCUT2D eigenvalue weighted by molar-refractivity contribution is 9.09. The molecule has 0 spiro atoms. The van der Waals surface area contributed by atoms with Crippen molar-refractivity contribution < 1.29 is 27.7 Å². The first kappa shape index (κ1) is 48.3. The van der Waals surface area contributed by atoms with Crippen molar-refractivity contribution in [2.45, 2.75) is 106 Å². The Kier molecular flexibility index (Phi) is 26.8. The fourth-order valence-corrected chi connectivity index (χ4v) is 12.0. The molecule has 4 atom stereocenters. The van der Waals surface area contributed by atoms with Crippen molar-refractivity contribution in [3.8, 4) is 0 Å². The summed E-state index contributed by atoms with van der Waals surface area (Å²) in [5.41, 5.74) is 5.38. The highest BCUT2D eigenvalue weighted by atomic mass is 79.9. The number of hydrogen-bond donors (Lipinski definition) is 0. The molecule has 2 aliphatic heterocycles. The van der Waals surface area contributed by atoms with E-state index in [1.54, 1.807) is 4.67 Å². The zero-order valence-corrected chi connectivity index (χ0v) is 36.9. The van der Waals surface area contributed by atoms with E-state index < -0.39 is 15.0 Å². The molecule has 0 aromatic rings. The average Bonchev–Trinajstić information content (AvgIpc) is 3.05. The van der Waals surface area contributed by atoms with E-state index in [-0.39, 0.29) is 12.2 Å². The molecule has 8 nitrogen and oxygen atoms in total. The molecule has 292 valence electrons. The van der Waals surface area contributed by atoms with Gasteiger partial charge in [0.25, 0.3) is 15.0 Å². The van der Waals surface area contributed by atoms with Crippen LogP contribution in [0.25, 0.3) is 0 Å². The van der Waals surface area contributed by atoms with Gasteiger partial charge in [-0.05, 0) is 86.5 Å². The average molecular weight is 849 g/mol. The molecule has 0 radical (unpaired) electrons. The largest absolute Gasteiger partial charge is 0.373 e. The predicted octanol–water partition coefficient (Wildman–Crippen LogP) is 11.2. The van der Waals surface area contributed by atoms with Gasteiger partial charge in [0.05, 0.1) is 51.0 Å². The van der Waals surface area contributed by atoms with Crippen molar-refractivity contribution in [1.29, 1.82) is 0 Å². The Balaban J connectivity index is 0.000000500. The fraction of sp³-hybridized carbons (Fsp3) is 0.784. The number of alkyl halides is 3. The molecule has 2 aliphatic rings. The Morgan fingerprint density at radius 2 is 1.14 bits per heavy atom. The minimum absolute atomic E-state index is 0.0242. The Morgan fingerprint density at radius 1 is 0.720 bits per heavy atom. The van der Waals surface area contributed by atoms with Crippen molar-refractivity contribution >= 4 is 54.2 Å². The van der Waals surface area contributed by atoms with Gasteiger partial charge in [-0.3, -0.25) is 9.13 Å². The summed E-state index contributed by atoms with van der Waals surface area (Å²) in [6.45, 7) is 19.6. The second-order valence-corrected chi connectivity index (χ2v) is 20.0. The molecule has 0 aromatic carbocycles. The molecular formula is C37H67BrCl2N2O6P2. The van der Waals surface area contributed by atoms with Crippen LogP contribution in [0.1, 0.15) is 93.4 Å². The summed E-state index contributed by atoms with van der Waals surface area (Å²) in [5.74, 6) is 0.812. The molecule has 0 N–H and O–H groups in total. The summed E-state index contributed by atoms with van der Waals surface area (Å²) in [6, 6.07) is 0. The topological polar surface area (TPSA) is 77.5 Å². The monoisotopic (exact) mass is 846 g/mol. The molecule has 50 heavy (non-hydrogen) atoms. The third kappa shape index (κ3) is 20.6. The molecule has 2 saturated heterocycles. The van der Waals surface area contributed by atoms with Crippen LogP contribution in [-0.2, 0) is 27.7 Å². The van der Waals surface area contributed by atoms with Crippen LogP contribution in [0.15, 0.2) is 46.6 Å². The predicted molar refractivity (Wildman–Crippen MR) is 219 cm³/mol. The molecule has 4 unspecified atom stereocenters. The van der Waals surface area contributed by atoms with Crippen LogP contribution in [0.2, 0.25) is 0 Å². The van der Waals surface area contributed by atoms with Gasteiger partial charge in [-0.15, -0.1) is 23.2 Å². The van der Waals surface area contributed by atoms with Crippen molar-refractivity contribution in [3.05, 3.63) is 46.6 Å². The third-order valence-electron chi connectivity index (χ3n) is 8.42. The van der Waals surface area contributed by atoms with Gasteiger partial charge < -0.3 is 18.5 Å². The molecule has 0 amide bonds. The first-order chi connectivity index (χ1) is 23.8. The van der Waals surface area contributed by atoms with Crippen LogP contribution >= 0.6 is 54.2 Å². The number of ether oxygens (including phenoxy) is 2. The van der Waals surface area contributed by atoms with Crippen molar-refractivity contribution in [2.75, 3.05) is 82.0 Å². The molecule has 13 heteroatoms. The molecule has 0 aromatic heterocycles. The minimum atomic E-state index is -2.89. The molecule has 0 saturated carbocycles. The van der Waals surface area contributed by atoms with Gasteiger partial charge in [0, 0.05) is 43.3 Å². The maximum absolute atomic E-state index is 13.2. The lowest BCUT2D eigenvalue weighted by Crippen LogP contribution is -2.35. The Labute approximate surface area is 323 Å². The Morgan fingerprint density at radius 3 is 1.50 bits per heavy atom. The van der Waals surface area contributed by atoms with Crippen molar-refractivity contribution in [1.82, 2.24) is 9.34 Å². The lowest BCUT2D eigenvalue weighted by atomic mass is 10.1. The molecule has 0 bridgehead atoms. The van der Waals surface area contributed by atoms with Gasteiger partial charge in [0.2, 0.25) is 0 Å². The first-order valence-corrected chi connectivity index (χ1v) is 24.0. The quantitative estimate of drug-likeness (QED) is 0.0606. The van der Waals surface area contributed by atoms with Gasteiger partial charge >= 0.3 is 0 Å². The zero-order valence-electron chi connectivity index (χ0n) is 32.0. The third-order valence-corrected chi connectivity index (χ3v) is 14.5. The highest BCUT2D eigenvalue weighted by Gasteiger charge is 2.39. The molecule has 2 fully saturated rings. The minimum Gasteiger partial charge on any atom is -0.373 e. The van der Waals surface area contributed by atoms with Crippen LogP contribution in [0.4, 0.5) is 0 Å². The van der Waals surface area contributed by atoms with E-state index in [9.17, 15) is 9.13 Å². The number of nitrogens with zero attached hydrogens (tertiary/aromatic N) is 2. The van der Waals surface area contributed by atoms with Gasteiger partial charge in [0.15, 0.2) is 0 Å². The normalized spacial score (nSPS) is 24.6. The first-order valence-electron chi connectivity index (χ1n) is 18.3. The van der Waals surface area contributed by atoms with E-state index in [1.165, 1.54) is 22.3 Å².